The number of H-pyrrole nitrogens is 1. The number of aromatic amines is 1. The molecule has 1 aromatic heterocycles. The molecule has 1 aliphatic rings. The van der Waals surface area contributed by atoms with Crippen molar-refractivity contribution in [3.63, 3.8) is 0 Å². The van der Waals surface area contributed by atoms with Crippen molar-refractivity contribution in [2.24, 2.45) is 0 Å². The predicted octanol–water partition coefficient (Wildman–Crippen LogP) is 1.80. The number of aromatic nitrogens is 3. The zero-order valence-corrected chi connectivity index (χ0v) is 18.2. The molecular formula is C24H28N6O2. The van der Waals surface area contributed by atoms with Gasteiger partial charge in [0.25, 0.3) is 5.91 Å². The van der Waals surface area contributed by atoms with Crippen LogP contribution in [0.4, 0.5) is 0 Å². The fourth-order valence-electron chi connectivity index (χ4n) is 3.89. The first-order valence-corrected chi connectivity index (χ1v) is 10.9. The van der Waals surface area contributed by atoms with Crippen LogP contribution in [0.1, 0.15) is 27.6 Å². The number of aryl methyl sites for hydroxylation is 1. The normalized spacial score (nSPS) is 15.3. The predicted molar refractivity (Wildman–Crippen MR) is 121 cm³/mol. The highest BCUT2D eigenvalue weighted by atomic mass is 16.2. The van der Waals surface area contributed by atoms with E-state index in [0.717, 1.165) is 30.3 Å². The highest BCUT2D eigenvalue weighted by Gasteiger charge is 2.29. The van der Waals surface area contributed by atoms with Crippen molar-refractivity contribution in [2.45, 2.75) is 25.9 Å². The summed E-state index contributed by atoms with van der Waals surface area (Å²) in [6, 6.07) is 18.2. The summed E-state index contributed by atoms with van der Waals surface area (Å²) < 4.78 is 0. The average Bonchev–Trinajstić information content (AvgIpc) is 3.24. The van der Waals surface area contributed by atoms with E-state index in [2.05, 4.69) is 25.4 Å². The van der Waals surface area contributed by atoms with E-state index in [-0.39, 0.29) is 11.8 Å². The first kappa shape index (κ1) is 21.7. The van der Waals surface area contributed by atoms with Crippen LogP contribution in [0, 0.1) is 6.92 Å². The lowest BCUT2D eigenvalue weighted by Gasteiger charge is -2.36. The Kier molecular flexibility index (Phi) is 6.91. The molecule has 1 atom stereocenters. The first-order valence-electron chi connectivity index (χ1n) is 10.9. The van der Waals surface area contributed by atoms with Crippen molar-refractivity contribution in [3.8, 4) is 0 Å². The number of hydrogen-bond donors (Lipinski definition) is 2. The molecule has 2 aromatic carbocycles. The van der Waals surface area contributed by atoms with E-state index >= 15 is 0 Å². The molecule has 2 amide bonds. The third-order valence-electron chi connectivity index (χ3n) is 5.61. The van der Waals surface area contributed by atoms with Crippen LogP contribution in [0.5, 0.6) is 0 Å². The molecule has 1 saturated heterocycles. The third-order valence-corrected chi connectivity index (χ3v) is 5.61. The van der Waals surface area contributed by atoms with Gasteiger partial charge in [-0.15, -0.1) is 0 Å². The van der Waals surface area contributed by atoms with E-state index < -0.39 is 6.04 Å². The second kappa shape index (κ2) is 10.2. The summed E-state index contributed by atoms with van der Waals surface area (Å²) in [5.41, 5.74) is 1.56. The van der Waals surface area contributed by atoms with E-state index in [9.17, 15) is 9.59 Å². The van der Waals surface area contributed by atoms with Crippen LogP contribution in [0.3, 0.4) is 0 Å². The van der Waals surface area contributed by atoms with Gasteiger partial charge in [0.1, 0.15) is 11.9 Å². The summed E-state index contributed by atoms with van der Waals surface area (Å²) in [5.74, 6) is 1.27. The van der Waals surface area contributed by atoms with Crippen molar-refractivity contribution in [1.29, 1.82) is 0 Å². The summed E-state index contributed by atoms with van der Waals surface area (Å²) in [6.45, 7) is 5.23. The van der Waals surface area contributed by atoms with Gasteiger partial charge in [-0.05, 0) is 24.6 Å². The molecule has 1 fully saturated rings. The van der Waals surface area contributed by atoms with Gasteiger partial charge < -0.3 is 10.2 Å². The molecule has 32 heavy (non-hydrogen) atoms. The molecule has 3 aromatic rings. The van der Waals surface area contributed by atoms with E-state index in [4.69, 9.17) is 0 Å². The topological polar surface area (TPSA) is 94.2 Å². The number of amides is 2. The van der Waals surface area contributed by atoms with Gasteiger partial charge in [-0.2, -0.15) is 5.10 Å². The molecule has 0 saturated carbocycles. The van der Waals surface area contributed by atoms with Crippen molar-refractivity contribution in [2.75, 3.05) is 26.2 Å². The molecular weight excluding hydrogens is 404 g/mol. The minimum absolute atomic E-state index is 0.0495. The lowest BCUT2D eigenvalue weighted by atomic mass is 10.0. The second-order valence-corrected chi connectivity index (χ2v) is 8.02. The number of rotatable bonds is 7. The molecule has 2 N–H and O–H groups in total. The monoisotopic (exact) mass is 432 g/mol. The second-order valence-electron chi connectivity index (χ2n) is 8.02. The molecule has 8 nitrogen and oxygen atoms in total. The summed E-state index contributed by atoms with van der Waals surface area (Å²) in [6.07, 6.45) is 0.453. The molecule has 0 radical (unpaired) electrons. The zero-order chi connectivity index (χ0) is 22.3. The zero-order valence-electron chi connectivity index (χ0n) is 18.2. The van der Waals surface area contributed by atoms with Crippen LogP contribution in [0.25, 0.3) is 0 Å². The summed E-state index contributed by atoms with van der Waals surface area (Å²) in [7, 11) is 0. The maximum absolute atomic E-state index is 13.4. The maximum Gasteiger partial charge on any atom is 0.251 e. The number of carbonyl (C=O) groups excluding carboxylic acids is 2. The number of nitrogens with one attached hydrogen (secondary N) is 2. The Labute approximate surface area is 187 Å². The fraction of sp³-hybridized carbons (Fsp3) is 0.333. The Morgan fingerprint density at radius 3 is 2.28 bits per heavy atom. The van der Waals surface area contributed by atoms with E-state index in [1.807, 2.05) is 60.4 Å². The number of benzene rings is 2. The Morgan fingerprint density at radius 1 is 1.00 bits per heavy atom. The van der Waals surface area contributed by atoms with E-state index in [0.29, 0.717) is 31.6 Å². The molecule has 8 heteroatoms. The Morgan fingerprint density at radius 2 is 1.66 bits per heavy atom. The van der Waals surface area contributed by atoms with Gasteiger partial charge in [0.15, 0.2) is 5.82 Å². The van der Waals surface area contributed by atoms with Gasteiger partial charge in [0, 0.05) is 38.2 Å². The van der Waals surface area contributed by atoms with Gasteiger partial charge in [-0.25, -0.2) is 4.98 Å². The third kappa shape index (κ3) is 5.59. The molecule has 0 bridgehead atoms. The Bertz CT molecular complexity index is 1030. The lowest BCUT2D eigenvalue weighted by molar-refractivity contribution is -0.135. The van der Waals surface area contributed by atoms with Gasteiger partial charge in [0.2, 0.25) is 5.91 Å². The van der Waals surface area contributed by atoms with Gasteiger partial charge in [0.05, 0.1) is 6.54 Å². The minimum Gasteiger partial charge on any atom is -0.340 e. The lowest BCUT2D eigenvalue weighted by Crippen LogP contribution is -2.55. The van der Waals surface area contributed by atoms with Crippen LogP contribution in [-0.2, 0) is 17.8 Å². The Hall–Kier alpha value is -3.52. The molecule has 166 valence electrons. The maximum atomic E-state index is 13.4. The molecule has 2 heterocycles. The number of nitrogens with zero attached hydrogens (tertiary/aromatic N) is 4. The largest absolute Gasteiger partial charge is 0.340 e. The highest BCUT2D eigenvalue weighted by Crippen LogP contribution is 2.11. The molecule has 4 rings (SSSR count). The highest BCUT2D eigenvalue weighted by molar-refractivity contribution is 5.97. The van der Waals surface area contributed by atoms with E-state index in [1.165, 1.54) is 0 Å². The molecule has 0 aliphatic carbocycles. The van der Waals surface area contributed by atoms with Gasteiger partial charge in [-0.1, -0.05) is 48.5 Å². The molecule has 1 unspecified atom stereocenters. The number of carbonyl (C=O) groups is 2. The fourth-order valence-corrected chi connectivity index (χ4v) is 3.89. The summed E-state index contributed by atoms with van der Waals surface area (Å²) in [5, 5.41) is 10.0. The summed E-state index contributed by atoms with van der Waals surface area (Å²) >= 11 is 0. The van der Waals surface area contributed by atoms with Crippen LogP contribution in [0.15, 0.2) is 60.7 Å². The van der Waals surface area contributed by atoms with Crippen molar-refractivity contribution in [1.82, 2.24) is 30.3 Å². The van der Waals surface area contributed by atoms with Crippen LogP contribution in [-0.4, -0.2) is 69.0 Å². The number of piperazine rings is 1. The standard InChI is InChI=1S/C24H28N6O2/c1-18-25-22(28-27-18)17-29-12-14-30(15-13-29)24(32)21(16-19-8-4-2-5-9-19)26-23(31)20-10-6-3-7-11-20/h2-11,21H,12-17H2,1H3,(H,26,31)(H,25,27,28). The van der Waals surface area contributed by atoms with Crippen LogP contribution in [0.2, 0.25) is 0 Å². The average molecular weight is 433 g/mol. The van der Waals surface area contributed by atoms with Gasteiger partial charge >= 0.3 is 0 Å². The number of hydrogen-bond acceptors (Lipinski definition) is 5. The Balaban J connectivity index is 1.41. The molecule has 0 spiro atoms. The van der Waals surface area contributed by atoms with E-state index in [1.54, 1.807) is 12.1 Å². The first-order chi connectivity index (χ1) is 15.6. The summed E-state index contributed by atoms with van der Waals surface area (Å²) in [4.78, 5) is 34.6. The smallest absolute Gasteiger partial charge is 0.251 e. The van der Waals surface area contributed by atoms with Crippen LogP contribution >= 0.6 is 0 Å². The SMILES string of the molecule is Cc1nc(CN2CCN(C(=O)C(Cc3ccccc3)NC(=O)c3ccccc3)CC2)n[nH]1. The van der Waals surface area contributed by atoms with Crippen molar-refractivity contribution in [3.05, 3.63) is 83.4 Å². The molecule has 1 aliphatic heterocycles. The van der Waals surface area contributed by atoms with Crippen LogP contribution < -0.4 is 5.32 Å². The van der Waals surface area contributed by atoms with Crippen molar-refractivity contribution >= 4 is 11.8 Å². The minimum atomic E-state index is -0.618. The quantitative estimate of drug-likeness (QED) is 0.594. The van der Waals surface area contributed by atoms with Crippen molar-refractivity contribution < 1.29 is 9.59 Å². The van der Waals surface area contributed by atoms with Gasteiger partial charge in [-0.3, -0.25) is 19.6 Å².